The first-order valence-electron chi connectivity index (χ1n) is 5.01. The monoisotopic (exact) mass is 205 g/mol. The third kappa shape index (κ3) is 1.68. The van der Waals surface area contributed by atoms with Gasteiger partial charge in [-0.2, -0.15) is 0 Å². The highest BCUT2D eigenvalue weighted by Crippen LogP contribution is 2.25. The highest BCUT2D eigenvalue weighted by atomic mass is 16.2. The number of hydrogen-bond donors (Lipinski definition) is 1. The van der Waals surface area contributed by atoms with Crippen LogP contribution >= 0.6 is 0 Å². The van der Waals surface area contributed by atoms with Crippen molar-refractivity contribution in [1.29, 1.82) is 0 Å². The molecule has 1 amide bonds. The number of anilines is 2. The molecule has 1 aliphatic rings. The van der Waals surface area contributed by atoms with E-state index in [1.54, 1.807) is 17.1 Å². The van der Waals surface area contributed by atoms with E-state index in [2.05, 4.69) is 0 Å². The van der Waals surface area contributed by atoms with Gasteiger partial charge in [0.25, 0.3) is 0 Å². The fourth-order valence-electron chi connectivity index (χ4n) is 1.79. The molecule has 4 heteroatoms. The second-order valence-corrected chi connectivity index (χ2v) is 3.92. The number of rotatable bonds is 1. The first kappa shape index (κ1) is 9.98. The quantitative estimate of drug-likeness (QED) is 0.702. The fourth-order valence-corrected chi connectivity index (χ4v) is 1.79. The maximum absolute atomic E-state index is 11.7. The Morgan fingerprint density at radius 1 is 1.33 bits per heavy atom. The van der Waals surface area contributed by atoms with E-state index in [1.807, 2.05) is 31.1 Å². The maximum Gasteiger partial charge on any atom is 0.243 e. The fraction of sp³-hybridized carbons (Fsp3) is 0.364. The lowest BCUT2D eigenvalue weighted by Gasteiger charge is -2.26. The van der Waals surface area contributed by atoms with Crippen LogP contribution < -0.4 is 10.7 Å². The first-order chi connectivity index (χ1) is 7.09. The minimum atomic E-state index is 0.134. The van der Waals surface area contributed by atoms with Gasteiger partial charge in [-0.3, -0.25) is 4.79 Å². The summed E-state index contributed by atoms with van der Waals surface area (Å²) in [5, 5.41) is 3.65. The summed E-state index contributed by atoms with van der Waals surface area (Å²) in [5.74, 6) is 0.134. The molecule has 1 aromatic carbocycles. The number of hydrazine groups is 1. The van der Waals surface area contributed by atoms with Gasteiger partial charge in [-0.1, -0.05) is 0 Å². The van der Waals surface area contributed by atoms with E-state index in [9.17, 15) is 4.79 Å². The Hall–Kier alpha value is -1.55. The van der Waals surface area contributed by atoms with Crippen molar-refractivity contribution in [2.75, 3.05) is 17.8 Å². The largest absolute Gasteiger partial charge is 0.399 e. The van der Waals surface area contributed by atoms with Gasteiger partial charge in [-0.05, 0) is 31.2 Å². The number of nitrogens with zero attached hydrogens (tertiary/aromatic N) is 2. The van der Waals surface area contributed by atoms with Gasteiger partial charge in [-0.15, -0.1) is 0 Å². The molecule has 0 spiro atoms. The van der Waals surface area contributed by atoms with Crippen LogP contribution in [0.3, 0.4) is 0 Å². The Morgan fingerprint density at radius 2 is 1.93 bits per heavy atom. The Balaban J connectivity index is 2.30. The van der Waals surface area contributed by atoms with Gasteiger partial charge in [0, 0.05) is 25.2 Å². The third-order valence-corrected chi connectivity index (χ3v) is 2.80. The smallest absolute Gasteiger partial charge is 0.243 e. The van der Waals surface area contributed by atoms with Crippen LogP contribution in [0.4, 0.5) is 11.4 Å². The number of hydrogen-bond acceptors (Lipinski definition) is 3. The van der Waals surface area contributed by atoms with Gasteiger partial charge in [0.2, 0.25) is 5.91 Å². The summed E-state index contributed by atoms with van der Waals surface area (Å²) in [6.45, 7) is 2.04. The number of carbonyl (C=O) groups excluding carboxylic acids is 1. The molecule has 0 aromatic heterocycles. The molecular weight excluding hydrogens is 190 g/mol. The van der Waals surface area contributed by atoms with Crippen LogP contribution in [0.2, 0.25) is 0 Å². The van der Waals surface area contributed by atoms with Crippen molar-refractivity contribution in [2.24, 2.45) is 0 Å². The summed E-state index contributed by atoms with van der Waals surface area (Å²) in [7, 11) is 1.92. The number of nitrogens with two attached hydrogens (primary N) is 1. The SMILES string of the molecule is CC1CC(=O)N(c2ccc(N)cc2)N1C. The Labute approximate surface area is 89.2 Å². The molecule has 1 aromatic rings. The molecule has 1 aliphatic heterocycles. The normalized spacial score (nSPS) is 22.4. The Kier molecular flexibility index (Phi) is 2.36. The van der Waals surface area contributed by atoms with Gasteiger partial charge in [0.15, 0.2) is 0 Å². The van der Waals surface area contributed by atoms with Crippen molar-refractivity contribution in [3.05, 3.63) is 24.3 Å². The van der Waals surface area contributed by atoms with Crippen LogP contribution in [0.1, 0.15) is 13.3 Å². The van der Waals surface area contributed by atoms with Gasteiger partial charge in [-0.25, -0.2) is 10.0 Å². The highest BCUT2D eigenvalue weighted by Gasteiger charge is 2.32. The van der Waals surface area contributed by atoms with Crippen LogP contribution in [0.5, 0.6) is 0 Å². The van der Waals surface area contributed by atoms with Crippen molar-refractivity contribution in [3.63, 3.8) is 0 Å². The third-order valence-electron chi connectivity index (χ3n) is 2.80. The standard InChI is InChI=1S/C11H15N3O/c1-8-7-11(15)14(13(8)2)10-5-3-9(12)4-6-10/h3-6,8H,7,12H2,1-2H3. The van der Waals surface area contributed by atoms with Gasteiger partial charge in [0.05, 0.1) is 5.69 Å². The average Bonchev–Trinajstić information content (AvgIpc) is 2.44. The minimum Gasteiger partial charge on any atom is -0.399 e. The van der Waals surface area contributed by atoms with Crippen LogP contribution in [0.25, 0.3) is 0 Å². The predicted octanol–water partition coefficient (Wildman–Crippen LogP) is 1.24. The molecular formula is C11H15N3O. The van der Waals surface area contributed by atoms with Crippen LogP contribution in [-0.4, -0.2) is 24.0 Å². The van der Waals surface area contributed by atoms with E-state index in [4.69, 9.17) is 5.73 Å². The van der Waals surface area contributed by atoms with Crippen molar-refractivity contribution < 1.29 is 4.79 Å². The number of benzene rings is 1. The van der Waals surface area contributed by atoms with Crippen molar-refractivity contribution in [3.8, 4) is 0 Å². The first-order valence-corrected chi connectivity index (χ1v) is 5.01. The molecule has 0 bridgehead atoms. The van der Waals surface area contributed by atoms with E-state index in [1.165, 1.54) is 0 Å². The summed E-state index contributed by atoms with van der Waals surface area (Å²) in [4.78, 5) is 11.7. The molecule has 1 fully saturated rings. The summed E-state index contributed by atoms with van der Waals surface area (Å²) in [6.07, 6.45) is 0.570. The van der Waals surface area contributed by atoms with E-state index >= 15 is 0 Å². The van der Waals surface area contributed by atoms with Crippen molar-refractivity contribution in [1.82, 2.24) is 5.01 Å². The molecule has 1 heterocycles. The second-order valence-electron chi connectivity index (χ2n) is 3.92. The molecule has 1 atom stereocenters. The molecule has 2 rings (SSSR count). The van der Waals surface area contributed by atoms with Crippen LogP contribution in [0, 0.1) is 0 Å². The van der Waals surface area contributed by atoms with Gasteiger partial charge >= 0.3 is 0 Å². The maximum atomic E-state index is 11.7. The van der Waals surface area contributed by atoms with E-state index in [0.29, 0.717) is 12.1 Å². The van der Waals surface area contributed by atoms with E-state index in [0.717, 1.165) is 5.69 Å². The average molecular weight is 205 g/mol. The number of amides is 1. The second kappa shape index (κ2) is 3.55. The summed E-state index contributed by atoms with van der Waals surface area (Å²) >= 11 is 0. The molecule has 1 saturated heterocycles. The summed E-state index contributed by atoms with van der Waals surface area (Å²) in [6, 6.07) is 7.60. The molecule has 1 unspecified atom stereocenters. The van der Waals surface area contributed by atoms with E-state index in [-0.39, 0.29) is 11.9 Å². The number of carbonyl (C=O) groups is 1. The Morgan fingerprint density at radius 3 is 2.40 bits per heavy atom. The topological polar surface area (TPSA) is 49.6 Å². The molecule has 4 nitrogen and oxygen atoms in total. The lowest BCUT2D eigenvalue weighted by molar-refractivity contribution is -0.117. The lowest BCUT2D eigenvalue weighted by Crippen LogP contribution is -2.38. The summed E-state index contributed by atoms with van der Waals surface area (Å²) in [5.41, 5.74) is 7.19. The zero-order chi connectivity index (χ0) is 11.0. The van der Waals surface area contributed by atoms with E-state index < -0.39 is 0 Å². The Bertz CT molecular complexity index is 374. The number of nitrogen functional groups attached to an aromatic ring is 1. The molecule has 80 valence electrons. The van der Waals surface area contributed by atoms with Crippen molar-refractivity contribution in [2.45, 2.75) is 19.4 Å². The van der Waals surface area contributed by atoms with Crippen LogP contribution in [-0.2, 0) is 4.79 Å². The zero-order valence-corrected chi connectivity index (χ0v) is 8.97. The molecule has 0 saturated carbocycles. The molecule has 15 heavy (non-hydrogen) atoms. The van der Waals surface area contributed by atoms with Gasteiger partial charge < -0.3 is 5.73 Å². The predicted molar refractivity (Wildman–Crippen MR) is 60.2 cm³/mol. The molecule has 0 radical (unpaired) electrons. The highest BCUT2D eigenvalue weighted by molar-refractivity contribution is 5.94. The molecule has 0 aliphatic carbocycles. The lowest BCUT2D eigenvalue weighted by atomic mass is 10.2. The van der Waals surface area contributed by atoms with Gasteiger partial charge in [0.1, 0.15) is 0 Å². The zero-order valence-electron chi connectivity index (χ0n) is 8.97. The summed E-state index contributed by atoms with van der Waals surface area (Å²) < 4.78 is 0. The van der Waals surface area contributed by atoms with Crippen LogP contribution in [0.15, 0.2) is 24.3 Å². The minimum absolute atomic E-state index is 0.134. The van der Waals surface area contributed by atoms with Crippen molar-refractivity contribution >= 4 is 17.3 Å². The molecule has 2 N–H and O–H groups in total.